The van der Waals surface area contributed by atoms with Crippen LogP contribution in [0.3, 0.4) is 0 Å². The van der Waals surface area contributed by atoms with Crippen molar-refractivity contribution < 1.29 is 9.59 Å². The Morgan fingerprint density at radius 1 is 1.15 bits per heavy atom. The minimum atomic E-state index is -0.663. The fourth-order valence-corrected chi connectivity index (χ4v) is 2.95. The van der Waals surface area contributed by atoms with Crippen molar-refractivity contribution in [2.24, 2.45) is 0 Å². The van der Waals surface area contributed by atoms with Gasteiger partial charge < -0.3 is 16.0 Å². The lowest BCUT2D eigenvalue weighted by molar-refractivity contribution is -0.122. The number of hydrogen-bond donors (Lipinski definition) is 3. The van der Waals surface area contributed by atoms with Gasteiger partial charge in [-0.1, -0.05) is 35.9 Å². The number of carbonyl (C=O) groups excluding carboxylic acids is 2. The molecule has 2 aromatic rings. The molecule has 6 heteroatoms. The molecule has 6 nitrogen and oxygen atoms in total. The Morgan fingerprint density at radius 2 is 2.00 bits per heavy atom. The minimum Gasteiger partial charge on any atom is -0.351 e. The summed E-state index contributed by atoms with van der Waals surface area (Å²) in [4.78, 5) is 29.4. The number of rotatable bonds is 7. The van der Waals surface area contributed by atoms with Crippen LogP contribution in [0.1, 0.15) is 22.3 Å². The quantitative estimate of drug-likeness (QED) is 0.650. The Labute approximate surface area is 159 Å². The summed E-state index contributed by atoms with van der Waals surface area (Å²) in [7, 11) is 0. The van der Waals surface area contributed by atoms with Gasteiger partial charge in [0, 0.05) is 37.5 Å². The summed E-state index contributed by atoms with van der Waals surface area (Å²) >= 11 is 0. The van der Waals surface area contributed by atoms with E-state index in [9.17, 15) is 9.59 Å². The second-order valence-electron chi connectivity index (χ2n) is 6.49. The lowest BCUT2D eigenvalue weighted by Gasteiger charge is -2.20. The molecule has 0 spiro atoms. The molecule has 0 aliphatic carbocycles. The highest BCUT2D eigenvalue weighted by Gasteiger charge is 2.22. The van der Waals surface area contributed by atoms with E-state index in [-0.39, 0.29) is 11.8 Å². The van der Waals surface area contributed by atoms with E-state index in [4.69, 9.17) is 0 Å². The molecule has 0 bridgehead atoms. The first-order chi connectivity index (χ1) is 13.2. The van der Waals surface area contributed by atoms with E-state index < -0.39 is 6.04 Å². The van der Waals surface area contributed by atoms with Gasteiger partial charge in [-0.25, -0.2) is 0 Å². The molecule has 1 aliphatic heterocycles. The van der Waals surface area contributed by atoms with E-state index in [2.05, 4.69) is 27.0 Å². The third-order valence-corrected chi connectivity index (χ3v) is 4.47. The summed E-state index contributed by atoms with van der Waals surface area (Å²) in [5.41, 5.74) is 2.63. The molecule has 1 aromatic carbocycles. The van der Waals surface area contributed by atoms with Crippen molar-refractivity contribution in [3.63, 3.8) is 0 Å². The van der Waals surface area contributed by atoms with Gasteiger partial charge in [0.2, 0.25) is 5.91 Å². The van der Waals surface area contributed by atoms with Crippen LogP contribution in [0.15, 0.2) is 66.5 Å². The van der Waals surface area contributed by atoms with Gasteiger partial charge in [0.15, 0.2) is 0 Å². The van der Waals surface area contributed by atoms with Crippen LogP contribution >= 0.6 is 0 Å². The SMILES string of the molecule is O=C(NC(Cc1cccnc1)C(=O)NCC1=CCNCC1)c1ccccc1. The molecule has 3 rings (SSSR count). The zero-order chi connectivity index (χ0) is 18.9. The second kappa shape index (κ2) is 9.64. The summed E-state index contributed by atoms with van der Waals surface area (Å²) in [6.45, 7) is 2.26. The molecule has 27 heavy (non-hydrogen) atoms. The molecule has 1 aromatic heterocycles. The molecular weight excluding hydrogens is 340 g/mol. The average molecular weight is 364 g/mol. The van der Waals surface area contributed by atoms with Crippen LogP contribution in [0, 0.1) is 0 Å². The lowest BCUT2D eigenvalue weighted by Crippen LogP contribution is -2.48. The molecule has 0 radical (unpaired) electrons. The van der Waals surface area contributed by atoms with E-state index in [0.717, 1.165) is 25.1 Å². The molecule has 1 atom stereocenters. The van der Waals surface area contributed by atoms with Gasteiger partial charge in [0.05, 0.1) is 0 Å². The summed E-state index contributed by atoms with van der Waals surface area (Å²) < 4.78 is 0. The number of amides is 2. The first-order valence-corrected chi connectivity index (χ1v) is 9.13. The summed E-state index contributed by atoms with van der Waals surface area (Å²) in [5.74, 6) is -0.455. The van der Waals surface area contributed by atoms with Crippen LogP contribution in [0.5, 0.6) is 0 Å². The van der Waals surface area contributed by atoms with E-state index in [1.807, 2.05) is 18.2 Å². The minimum absolute atomic E-state index is 0.192. The van der Waals surface area contributed by atoms with Crippen molar-refractivity contribution in [3.05, 3.63) is 77.6 Å². The van der Waals surface area contributed by atoms with Crippen molar-refractivity contribution in [1.82, 2.24) is 20.9 Å². The third-order valence-electron chi connectivity index (χ3n) is 4.47. The van der Waals surface area contributed by atoms with Gasteiger partial charge in [-0.05, 0) is 36.7 Å². The molecule has 2 heterocycles. The molecule has 0 fully saturated rings. The van der Waals surface area contributed by atoms with E-state index in [1.54, 1.807) is 36.7 Å². The molecule has 0 saturated heterocycles. The fourth-order valence-electron chi connectivity index (χ4n) is 2.95. The largest absolute Gasteiger partial charge is 0.351 e. The molecule has 1 unspecified atom stereocenters. The number of aromatic nitrogens is 1. The Balaban J connectivity index is 1.67. The smallest absolute Gasteiger partial charge is 0.251 e. The molecule has 0 saturated carbocycles. The van der Waals surface area contributed by atoms with E-state index >= 15 is 0 Å². The van der Waals surface area contributed by atoms with Gasteiger partial charge in [0.1, 0.15) is 6.04 Å². The molecular formula is C21H24N4O2. The first-order valence-electron chi connectivity index (χ1n) is 9.13. The predicted octanol–water partition coefficient (Wildman–Crippen LogP) is 1.46. The number of carbonyl (C=O) groups is 2. The zero-order valence-corrected chi connectivity index (χ0v) is 15.2. The standard InChI is InChI=1S/C21H24N4O2/c26-20(18-6-2-1-3-7-18)25-19(13-17-5-4-10-23-14-17)21(27)24-15-16-8-11-22-12-9-16/h1-8,10,14,19,22H,9,11-13,15H2,(H,24,27)(H,25,26). The van der Waals surface area contributed by atoms with Crippen molar-refractivity contribution >= 4 is 11.8 Å². The maximum Gasteiger partial charge on any atom is 0.251 e. The van der Waals surface area contributed by atoms with E-state index in [1.165, 1.54) is 5.57 Å². The topological polar surface area (TPSA) is 83.1 Å². The monoisotopic (exact) mass is 364 g/mol. The van der Waals surface area contributed by atoms with Crippen LogP contribution in [0.4, 0.5) is 0 Å². The number of nitrogens with zero attached hydrogens (tertiary/aromatic N) is 1. The number of benzene rings is 1. The highest BCUT2D eigenvalue weighted by molar-refractivity contribution is 5.97. The third kappa shape index (κ3) is 5.76. The normalized spacial score (nSPS) is 14.7. The van der Waals surface area contributed by atoms with Crippen molar-refractivity contribution in [3.8, 4) is 0 Å². The Bertz CT molecular complexity index is 790. The van der Waals surface area contributed by atoms with Crippen LogP contribution in [-0.4, -0.2) is 42.5 Å². The van der Waals surface area contributed by atoms with Crippen LogP contribution in [0.2, 0.25) is 0 Å². The number of pyridine rings is 1. The first kappa shape index (κ1) is 18.8. The zero-order valence-electron chi connectivity index (χ0n) is 15.2. The molecule has 140 valence electrons. The Morgan fingerprint density at radius 3 is 2.70 bits per heavy atom. The van der Waals surface area contributed by atoms with Gasteiger partial charge in [-0.15, -0.1) is 0 Å². The fraction of sp³-hybridized carbons (Fsp3) is 0.286. The highest BCUT2D eigenvalue weighted by Crippen LogP contribution is 2.06. The maximum atomic E-state index is 12.8. The number of nitrogens with one attached hydrogen (secondary N) is 3. The van der Waals surface area contributed by atoms with Gasteiger partial charge in [-0.3, -0.25) is 14.6 Å². The molecule has 3 N–H and O–H groups in total. The van der Waals surface area contributed by atoms with Crippen molar-refractivity contribution in [1.29, 1.82) is 0 Å². The van der Waals surface area contributed by atoms with E-state index in [0.29, 0.717) is 18.5 Å². The van der Waals surface area contributed by atoms with Gasteiger partial charge >= 0.3 is 0 Å². The summed E-state index contributed by atoms with van der Waals surface area (Å²) in [6.07, 6.45) is 6.81. The maximum absolute atomic E-state index is 12.8. The summed E-state index contributed by atoms with van der Waals surface area (Å²) in [5, 5.41) is 9.07. The second-order valence-corrected chi connectivity index (χ2v) is 6.49. The van der Waals surface area contributed by atoms with Crippen LogP contribution < -0.4 is 16.0 Å². The Kier molecular flexibility index (Phi) is 6.71. The highest BCUT2D eigenvalue weighted by atomic mass is 16.2. The van der Waals surface area contributed by atoms with Crippen molar-refractivity contribution in [2.75, 3.05) is 19.6 Å². The van der Waals surface area contributed by atoms with Crippen LogP contribution in [0.25, 0.3) is 0 Å². The van der Waals surface area contributed by atoms with Gasteiger partial charge in [-0.2, -0.15) is 0 Å². The number of hydrogen-bond acceptors (Lipinski definition) is 4. The molecule has 1 aliphatic rings. The average Bonchev–Trinajstić information content (AvgIpc) is 2.73. The Hall–Kier alpha value is -2.99. The predicted molar refractivity (Wildman–Crippen MR) is 104 cm³/mol. The lowest BCUT2D eigenvalue weighted by atomic mass is 10.1. The van der Waals surface area contributed by atoms with Gasteiger partial charge in [0.25, 0.3) is 5.91 Å². The summed E-state index contributed by atoms with van der Waals surface area (Å²) in [6, 6.07) is 12.0. The molecule has 2 amide bonds. The van der Waals surface area contributed by atoms with Crippen LogP contribution in [-0.2, 0) is 11.2 Å². The van der Waals surface area contributed by atoms with Crippen molar-refractivity contribution in [2.45, 2.75) is 18.9 Å².